The molecule has 4 heterocycles. The molecule has 0 atom stereocenters. The molecule has 31 heavy (non-hydrogen) atoms. The number of anilines is 1. The van der Waals surface area contributed by atoms with E-state index < -0.39 is 0 Å². The highest BCUT2D eigenvalue weighted by Crippen LogP contribution is 2.28. The van der Waals surface area contributed by atoms with Crippen LogP contribution in [0.2, 0.25) is 0 Å². The van der Waals surface area contributed by atoms with Crippen LogP contribution in [-0.2, 0) is 13.1 Å². The molecule has 8 nitrogen and oxygen atoms in total. The molecule has 4 rings (SSSR count). The Bertz CT molecular complexity index is 848. The van der Waals surface area contributed by atoms with Gasteiger partial charge in [0.25, 0.3) is 5.91 Å². The van der Waals surface area contributed by atoms with Crippen molar-refractivity contribution in [3.8, 4) is 0 Å². The minimum Gasteiger partial charge on any atom is -0.354 e. The van der Waals surface area contributed by atoms with Gasteiger partial charge in [-0.25, -0.2) is 4.98 Å². The van der Waals surface area contributed by atoms with Crippen molar-refractivity contribution in [2.45, 2.75) is 58.7 Å². The van der Waals surface area contributed by atoms with E-state index in [-0.39, 0.29) is 30.7 Å². The van der Waals surface area contributed by atoms with Crippen LogP contribution in [0.5, 0.6) is 0 Å². The van der Waals surface area contributed by atoms with Crippen LogP contribution in [0, 0.1) is 0 Å². The maximum atomic E-state index is 12.9. The SMILES string of the molecule is CCN(c1ccc(C(=O)N2CCC(c3nnc4n3CCNC4)CC2)cn1)C(C)C.Cl.Cl. The summed E-state index contributed by atoms with van der Waals surface area (Å²) in [6, 6.07) is 4.25. The molecule has 10 heteroatoms. The second-order valence-corrected chi connectivity index (χ2v) is 8.15. The summed E-state index contributed by atoms with van der Waals surface area (Å²) in [4.78, 5) is 21.6. The highest BCUT2D eigenvalue weighted by Gasteiger charge is 2.29. The first-order valence-electron chi connectivity index (χ1n) is 10.7. The van der Waals surface area contributed by atoms with Crippen LogP contribution in [0.15, 0.2) is 18.3 Å². The zero-order valence-electron chi connectivity index (χ0n) is 18.5. The largest absolute Gasteiger partial charge is 0.354 e. The predicted molar refractivity (Wildman–Crippen MR) is 126 cm³/mol. The lowest BCUT2D eigenvalue weighted by Gasteiger charge is -2.32. The molecular formula is C21H33Cl2N7O. The Kier molecular flexibility index (Phi) is 9.09. The van der Waals surface area contributed by atoms with Crippen LogP contribution in [0.25, 0.3) is 0 Å². The van der Waals surface area contributed by atoms with Gasteiger partial charge in [0, 0.05) is 50.9 Å². The molecule has 0 aliphatic carbocycles. The summed E-state index contributed by atoms with van der Waals surface area (Å²) < 4.78 is 2.26. The van der Waals surface area contributed by atoms with Gasteiger partial charge in [-0.15, -0.1) is 35.0 Å². The topological polar surface area (TPSA) is 79.2 Å². The van der Waals surface area contributed by atoms with Gasteiger partial charge in [-0.2, -0.15) is 0 Å². The molecule has 0 bridgehead atoms. The smallest absolute Gasteiger partial charge is 0.255 e. The Morgan fingerprint density at radius 3 is 2.55 bits per heavy atom. The van der Waals surface area contributed by atoms with Gasteiger partial charge < -0.3 is 19.7 Å². The van der Waals surface area contributed by atoms with Crippen molar-refractivity contribution >= 4 is 36.5 Å². The zero-order chi connectivity index (χ0) is 20.4. The second-order valence-electron chi connectivity index (χ2n) is 8.15. The molecule has 1 fully saturated rings. The van der Waals surface area contributed by atoms with Gasteiger partial charge in [-0.05, 0) is 45.7 Å². The first kappa shape index (κ1) is 25.4. The number of hydrogen-bond donors (Lipinski definition) is 1. The molecule has 2 aromatic rings. The van der Waals surface area contributed by atoms with Crippen molar-refractivity contribution in [1.82, 2.24) is 30.0 Å². The van der Waals surface area contributed by atoms with Gasteiger partial charge in [-0.3, -0.25) is 4.79 Å². The fourth-order valence-corrected chi connectivity index (χ4v) is 4.41. The third-order valence-electron chi connectivity index (χ3n) is 6.05. The van der Waals surface area contributed by atoms with Crippen LogP contribution in [-0.4, -0.2) is 62.8 Å². The average molecular weight is 470 g/mol. The number of carbonyl (C=O) groups is 1. The number of halogens is 2. The molecule has 0 saturated carbocycles. The number of pyridine rings is 1. The first-order valence-corrected chi connectivity index (χ1v) is 10.7. The number of fused-ring (bicyclic) bond motifs is 1. The molecule has 2 aliphatic heterocycles. The van der Waals surface area contributed by atoms with Crippen molar-refractivity contribution < 1.29 is 4.79 Å². The Labute approximate surface area is 196 Å². The van der Waals surface area contributed by atoms with Gasteiger partial charge >= 0.3 is 0 Å². The highest BCUT2D eigenvalue weighted by molar-refractivity contribution is 5.94. The van der Waals surface area contributed by atoms with E-state index in [1.54, 1.807) is 6.20 Å². The molecule has 0 aromatic carbocycles. The molecule has 0 unspecified atom stereocenters. The summed E-state index contributed by atoms with van der Waals surface area (Å²) in [5.74, 6) is 3.49. The quantitative estimate of drug-likeness (QED) is 0.724. The zero-order valence-corrected chi connectivity index (χ0v) is 20.1. The third kappa shape index (κ3) is 5.30. The fourth-order valence-electron chi connectivity index (χ4n) is 4.41. The molecule has 0 spiro atoms. The Balaban J connectivity index is 0.00000171. The van der Waals surface area contributed by atoms with Crippen molar-refractivity contribution in [3.05, 3.63) is 35.5 Å². The number of carbonyl (C=O) groups excluding carboxylic acids is 1. The van der Waals surface area contributed by atoms with Crippen LogP contribution in [0.1, 0.15) is 61.5 Å². The van der Waals surface area contributed by atoms with Crippen molar-refractivity contribution in [1.29, 1.82) is 0 Å². The van der Waals surface area contributed by atoms with Gasteiger partial charge in [0.2, 0.25) is 0 Å². The van der Waals surface area contributed by atoms with Crippen LogP contribution >= 0.6 is 24.8 Å². The molecule has 172 valence electrons. The highest BCUT2D eigenvalue weighted by atomic mass is 35.5. The van der Waals surface area contributed by atoms with E-state index in [0.29, 0.717) is 17.5 Å². The molecule has 1 amide bonds. The summed E-state index contributed by atoms with van der Waals surface area (Å²) in [6.07, 6.45) is 3.58. The maximum Gasteiger partial charge on any atom is 0.255 e. The normalized spacial score (nSPS) is 16.3. The molecule has 2 aliphatic rings. The predicted octanol–water partition coefficient (Wildman–Crippen LogP) is 2.87. The van der Waals surface area contributed by atoms with Gasteiger partial charge in [0.1, 0.15) is 17.5 Å². The van der Waals surface area contributed by atoms with Crippen LogP contribution < -0.4 is 10.2 Å². The van der Waals surface area contributed by atoms with Crippen LogP contribution in [0.3, 0.4) is 0 Å². The number of piperidine rings is 1. The lowest BCUT2D eigenvalue weighted by molar-refractivity contribution is 0.0709. The third-order valence-corrected chi connectivity index (χ3v) is 6.05. The second kappa shape index (κ2) is 11.1. The van der Waals surface area contributed by atoms with E-state index in [2.05, 4.69) is 50.7 Å². The maximum absolute atomic E-state index is 12.9. The number of hydrogen-bond acceptors (Lipinski definition) is 6. The Morgan fingerprint density at radius 1 is 1.19 bits per heavy atom. The number of aromatic nitrogens is 4. The van der Waals surface area contributed by atoms with Gasteiger partial charge in [0.05, 0.1) is 12.1 Å². The first-order chi connectivity index (χ1) is 14.1. The number of rotatable bonds is 5. The number of amides is 1. The summed E-state index contributed by atoms with van der Waals surface area (Å²) in [6.45, 7) is 11.5. The lowest BCUT2D eigenvalue weighted by Crippen LogP contribution is -2.39. The summed E-state index contributed by atoms with van der Waals surface area (Å²) in [5.41, 5.74) is 0.665. The molecule has 1 N–H and O–H groups in total. The van der Waals surface area contributed by atoms with Crippen molar-refractivity contribution in [3.63, 3.8) is 0 Å². The van der Waals surface area contributed by atoms with E-state index in [0.717, 1.165) is 69.6 Å². The van der Waals surface area contributed by atoms with E-state index in [4.69, 9.17) is 0 Å². The molecular weight excluding hydrogens is 437 g/mol. The van der Waals surface area contributed by atoms with E-state index >= 15 is 0 Å². The molecule has 2 aromatic heterocycles. The number of likely N-dealkylation sites (tertiary alicyclic amines) is 1. The Morgan fingerprint density at radius 2 is 1.94 bits per heavy atom. The lowest BCUT2D eigenvalue weighted by atomic mass is 9.95. The van der Waals surface area contributed by atoms with Crippen molar-refractivity contribution in [2.24, 2.45) is 0 Å². The Hall–Kier alpha value is -1.90. The number of nitrogens with zero attached hydrogens (tertiary/aromatic N) is 6. The molecule has 0 radical (unpaired) electrons. The average Bonchev–Trinajstić information content (AvgIpc) is 3.18. The van der Waals surface area contributed by atoms with Gasteiger partial charge in [-0.1, -0.05) is 0 Å². The van der Waals surface area contributed by atoms with E-state index in [1.165, 1.54) is 0 Å². The van der Waals surface area contributed by atoms with E-state index in [1.807, 2.05) is 17.0 Å². The standard InChI is InChI=1S/C21H31N7O.2ClH/c1-4-27(15(2)3)18-6-5-17(13-23-18)21(29)26-10-7-16(8-11-26)20-25-24-19-14-22-9-12-28(19)20;;/h5-6,13,15-16,22H,4,7-12,14H2,1-3H3;2*1H. The minimum absolute atomic E-state index is 0. The summed E-state index contributed by atoms with van der Waals surface area (Å²) in [7, 11) is 0. The number of nitrogens with one attached hydrogen (secondary N) is 1. The van der Waals surface area contributed by atoms with Crippen LogP contribution in [0.4, 0.5) is 5.82 Å². The summed E-state index contributed by atoms with van der Waals surface area (Å²) >= 11 is 0. The molecule has 1 saturated heterocycles. The monoisotopic (exact) mass is 469 g/mol. The van der Waals surface area contributed by atoms with E-state index in [9.17, 15) is 4.79 Å². The van der Waals surface area contributed by atoms with Gasteiger partial charge in [0.15, 0.2) is 0 Å². The fraction of sp³-hybridized carbons (Fsp3) is 0.619. The minimum atomic E-state index is 0. The van der Waals surface area contributed by atoms with Crippen molar-refractivity contribution in [2.75, 3.05) is 31.1 Å². The summed E-state index contributed by atoms with van der Waals surface area (Å²) in [5, 5.41) is 12.1.